The van der Waals surface area contributed by atoms with E-state index in [9.17, 15) is 0 Å². The van der Waals surface area contributed by atoms with E-state index in [1.807, 2.05) is 6.08 Å². The lowest BCUT2D eigenvalue weighted by molar-refractivity contribution is 0.122. The van der Waals surface area contributed by atoms with Gasteiger partial charge in [0, 0.05) is 0 Å². The molecule has 0 saturated heterocycles. The number of allylic oxidation sites excluding steroid dienone is 1. The molecule has 0 aliphatic carbocycles. The van der Waals surface area contributed by atoms with E-state index in [0.29, 0.717) is 6.10 Å². The van der Waals surface area contributed by atoms with Gasteiger partial charge in [0.1, 0.15) is 0 Å². The Morgan fingerprint density at radius 2 is 2.67 bits per heavy atom. The molecular weight excluding hydrogens is 112 g/mol. The van der Waals surface area contributed by atoms with E-state index in [1.165, 1.54) is 0 Å². The van der Waals surface area contributed by atoms with Gasteiger partial charge in [-0.05, 0) is 12.8 Å². The standard InChI is InChI=1S/C8H12O/c1-2-3-5-8-6-4-7-9-8/h2,4,6,8H,1,3,5,7H2. The smallest absolute Gasteiger partial charge is 0.0763 e. The van der Waals surface area contributed by atoms with Crippen LogP contribution in [0.1, 0.15) is 12.8 Å². The second kappa shape index (κ2) is 3.46. The Balaban J connectivity index is 2.12. The van der Waals surface area contributed by atoms with Gasteiger partial charge in [-0.3, -0.25) is 0 Å². The van der Waals surface area contributed by atoms with Crippen LogP contribution in [0.2, 0.25) is 0 Å². The molecule has 0 saturated carbocycles. The predicted octanol–water partition coefficient (Wildman–Crippen LogP) is 1.91. The molecule has 1 aliphatic rings. The Labute approximate surface area is 56.0 Å². The van der Waals surface area contributed by atoms with E-state index in [-0.39, 0.29) is 0 Å². The highest BCUT2D eigenvalue weighted by Gasteiger charge is 2.06. The van der Waals surface area contributed by atoms with Crippen LogP contribution in [0, 0.1) is 0 Å². The van der Waals surface area contributed by atoms with Gasteiger partial charge in [0.15, 0.2) is 0 Å². The average molecular weight is 124 g/mol. The molecule has 0 aromatic rings. The summed E-state index contributed by atoms with van der Waals surface area (Å²) < 4.78 is 5.30. The Morgan fingerprint density at radius 3 is 3.22 bits per heavy atom. The van der Waals surface area contributed by atoms with Gasteiger partial charge >= 0.3 is 0 Å². The molecule has 1 heterocycles. The van der Waals surface area contributed by atoms with Gasteiger partial charge in [-0.25, -0.2) is 0 Å². The fraction of sp³-hybridized carbons (Fsp3) is 0.500. The molecule has 0 bridgehead atoms. The minimum absolute atomic E-state index is 0.364. The molecular formula is C8H12O. The van der Waals surface area contributed by atoms with Gasteiger partial charge < -0.3 is 4.74 Å². The van der Waals surface area contributed by atoms with Crippen LogP contribution in [0.4, 0.5) is 0 Å². The van der Waals surface area contributed by atoms with Crippen LogP contribution in [0.25, 0.3) is 0 Å². The Kier molecular flexibility index (Phi) is 2.52. The minimum Gasteiger partial charge on any atom is -0.370 e. The number of ether oxygens (including phenoxy) is 1. The van der Waals surface area contributed by atoms with Gasteiger partial charge in [0.2, 0.25) is 0 Å². The third kappa shape index (κ3) is 2.02. The van der Waals surface area contributed by atoms with Crippen LogP contribution >= 0.6 is 0 Å². The maximum Gasteiger partial charge on any atom is 0.0763 e. The molecule has 0 N–H and O–H groups in total. The molecule has 50 valence electrons. The lowest BCUT2D eigenvalue weighted by Gasteiger charge is -2.04. The van der Waals surface area contributed by atoms with Crippen molar-refractivity contribution in [2.24, 2.45) is 0 Å². The maximum atomic E-state index is 5.30. The number of hydrogen-bond acceptors (Lipinski definition) is 1. The van der Waals surface area contributed by atoms with Crippen molar-refractivity contribution >= 4 is 0 Å². The summed E-state index contributed by atoms with van der Waals surface area (Å²) in [5, 5.41) is 0. The molecule has 0 aromatic carbocycles. The fourth-order valence-electron chi connectivity index (χ4n) is 0.904. The molecule has 0 spiro atoms. The van der Waals surface area contributed by atoms with Crippen LogP contribution < -0.4 is 0 Å². The van der Waals surface area contributed by atoms with Crippen LogP contribution in [-0.4, -0.2) is 12.7 Å². The van der Waals surface area contributed by atoms with Crippen molar-refractivity contribution in [2.45, 2.75) is 18.9 Å². The van der Waals surface area contributed by atoms with Crippen LogP contribution in [-0.2, 0) is 4.74 Å². The van der Waals surface area contributed by atoms with E-state index < -0.39 is 0 Å². The molecule has 9 heavy (non-hydrogen) atoms. The highest BCUT2D eigenvalue weighted by Crippen LogP contribution is 2.09. The van der Waals surface area contributed by atoms with Crippen molar-refractivity contribution in [1.82, 2.24) is 0 Å². The first-order valence-electron chi connectivity index (χ1n) is 3.32. The SMILES string of the molecule is C=CCCC1C=CCO1. The molecule has 1 atom stereocenters. The predicted molar refractivity (Wildman–Crippen MR) is 38.3 cm³/mol. The third-order valence-corrected chi connectivity index (χ3v) is 1.41. The van der Waals surface area contributed by atoms with Crippen molar-refractivity contribution in [1.29, 1.82) is 0 Å². The first-order chi connectivity index (χ1) is 4.43. The summed E-state index contributed by atoms with van der Waals surface area (Å²) in [4.78, 5) is 0. The second-order valence-corrected chi connectivity index (χ2v) is 2.17. The summed E-state index contributed by atoms with van der Waals surface area (Å²) in [6, 6.07) is 0. The Hall–Kier alpha value is -0.560. The van der Waals surface area contributed by atoms with Crippen molar-refractivity contribution in [3.8, 4) is 0 Å². The monoisotopic (exact) mass is 124 g/mol. The summed E-state index contributed by atoms with van der Waals surface area (Å²) in [5.74, 6) is 0. The summed E-state index contributed by atoms with van der Waals surface area (Å²) in [5.41, 5.74) is 0. The summed E-state index contributed by atoms with van der Waals surface area (Å²) in [6.45, 7) is 4.44. The molecule has 1 heteroatoms. The van der Waals surface area contributed by atoms with Crippen LogP contribution in [0.5, 0.6) is 0 Å². The summed E-state index contributed by atoms with van der Waals surface area (Å²) in [7, 11) is 0. The zero-order valence-corrected chi connectivity index (χ0v) is 5.55. The normalized spacial score (nSPS) is 24.7. The maximum absolute atomic E-state index is 5.30. The lowest BCUT2D eigenvalue weighted by Crippen LogP contribution is -2.02. The van der Waals surface area contributed by atoms with Gasteiger partial charge in [-0.2, -0.15) is 0 Å². The summed E-state index contributed by atoms with van der Waals surface area (Å²) in [6.07, 6.45) is 8.60. The van der Waals surface area contributed by atoms with Crippen molar-refractivity contribution < 1.29 is 4.74 Å². The number of rotatable bonds is 3. The van der Waals surface area contributed by atoms with Crippen LogP contribution in [0.15, 0.2) is 24.8 Å². The highest BCUT2D eigenvalue weighted by molar-refractivity contribution is 4.96. The van der Waals surface area contributed by atoms with E-state index >= 15 is 0 Å². The van der Waals surface area contributed by atoms with Gasteiger partial charge in [-0.1, -0.05) is 18.2 Å². The largest absolute Gasteiger partial charge is 0.370 e. The quantitative estimate of drug-likeness (QED) is 0.522. The van der Waals surface area contributed by atoms with E-state index in [0.717, 1.165) is 19.4 Å². The Bertz CT molecular complexity index is 116. The molecule has 0 radical (unpaired) electrons. The van der Waals surface area contributed by atoms with Crippen molar-refractivity contribution in [2.75, 3.05) is 6.61 Å². The summed E-state index contributed by atoms with van der Waals surface area (Å²) >= 11 is 0. The molecule has 1 aliphatic heterocycles. The topological polar surface area (TPSA) is 9.23 Å². The van der Waals surface area contributed by atoms with E-state index in [1.54, 1.807) is 0 Å². The van der Waals surface area contributed by atoms with Crippen LogP contribution in [0.3, 0.4) is 0 Å². The zero-order chi connectivity index (χ0) is 6.53. The van der Waals surface area contributed by atoms with Crippen molar-refractivity contribution in [3.63, 3.8) is 0 Å². The lowest BCUT2D eigenvalue weighted by atomic mass is 10.2. The first kappa shape index (κ1) is 6.56. The van der Waals surface area contributed by atoms with E-state index in [4.69, 9.17) is 4.74 Å². The fourth-order valence-corrected chi connectivity index (χ4v) is 0.904. The first-order valence-corrected chi connectivity index (χ1v) is 3.32. The molecule has 1 rings (SSSR count). The van der Waals surface area contributed by atoms with E-state index in [2.05, 4.69) is 18.7 Å². The number of hydrogen-bond donors (Lipinski definition) is 0. The molecule has 0 aromatic heterocycles. The molecule has 1 unspecified atom stereocenters. The molecule has 0 amide bonds. The highest BCUT2D eigenvalue weighted by atomic mass is 16.5. The third-order valence-electron chi connectivity index (χ3n) is 1.41. The van der Waals surface area contributed by atoms with Crippen molar-refractivity contribution in [3.05, 3.63) is 24.8 Å². The average Bonchev–Trinajstić information content (AvgIpc) is 2.34. The Morgan fingerprint density at radius 1 is 1.78 bits per heavy atom. The van der Waals surface area contributed by atoms with Gasteiger partial charge in [0.25, 0.3) is 0 Å². The second-order valence-electron chi connectivity index (χ2n) is 2.17. The molecule has 1 nitrogen and oxygen atoms in total. The van der Waals surface area contributed by atoms with Gasteiger partial charge in [-0.15, -0.1) is 6.58 Å². The van der Waals surface area contributed by atoms with Gasteiger partial charge in [0.05, 0.1) is 12.7 Å². The minimum atomic E-state index is 0.364. The molecule has 0 fully saturated rings. The zero-order valence-electron chi connectivity index (χ0n) is 5.55.